The number of rotatable bonds is 8. The predicted octanol–water partition coefficient (Wildman–Crippen LogP) is 10.2. The zero-order valence-electron chi connectivity index (χ0n) is 56.7. The Morgan fingerprint density at radius 1 is 0.447 bits per heavy atom. The number of aromatic amines is 4. The molecule has 28 nitrogen and oxygen atoms in total. The summed E-state index contributed by atoms with van der Waals surface area (Å²) < 4.78 is 97.8. The molecule has 6 N–H and O–H groups in total. The first kappa shape index (κ1) is 68.0. The fraction of sp³-hybridized carbons (Fsp3) is 0.471. The van der Waals surface area contributed by atoms with Gasteiger partial charge >= 0.3 is 30.3 Å². The van der Waals surface area contributed by atoms with Crippen LogP contribution in [0.4, 0.5) is 49.9 Å². The van der Waals surface area contributed by atoms with Gasteiger partial charge in [0, 0.05) is 155 Å². The van der Waals surface area contributed by atoms with Crippen LogP contribution in [0.5, 0.6) is 0 Å². The van der Waals surface area contributed by atoms with Crippen molar-refractivity contribution in [3.8, 4) is 0 Å². The lowest BCUT2D eigenvalue weighted by atomic mass is 9.91. The molecule has 6 atom stereocenters. The molecule has 6 aliphatic heterocycles. The Bertz CT molecular complexity index is 4930. The third-order valence-corrected chi connectivity index (χ3v) is 20.8. The predicted molar refractivity (Wildman–Crippen MR) is 365 cm³/mol. The Morgan fingerprint density at radius 2 is 0.786 bits per heavy atom. The van der Waals surface area contributed by atoms with Crippen molar-refractivity contribution in [2.24, 2.45) is 11.8 Å². The number of nitrogens with one attached hydrogen (secondary N) is 6. The first-order chi connectivity index (χ1) is 49.6. The quantitative estimate of drug-likeness (QED) is 0.0775. The molecule has 0 saturated carbocycles. The Kier molecular flexibility index (Phi) is 18.0. The number of amides is 8. The first-order valence-corrected chi connectivity index (χ1v) is 34.8. The summed E-state index contributed by atoms with van der Waals surface area (Å²) in [5.41, 5.74) is 14.2. The number of urea groups is 4. The van der Waals surface area contributed by atoms with Crippen LogP contribution in [-0.2, 0) is 0 Å². The monoisotopic (exact) mass is 1430 g/mol. The lowest BCUT2D eigenvalue weighted by Crippen LogP contribution is -2.62. The molecule has 6 fully saturated rings. The minimum atomic E-state index is -4.42. The minimum absolute atomic E-state index is 0.0119. The van der Waals surface area contributed by atoms with Gasteiger partial charge in [0.2, 0.25) is 0 Å². The number of H-pyrrole nitrogens is 4. The fourth-order valence-corrected chi connectivity index (χ4v) is 15.7. The van der Waals surface area contributed by atoms with E-state index in [9.17, 15) is 49.9 Å². The highest BCUT2D eigenvalue weighted by Gasteiger charge is 2.49. The van der Waals surface area contributed by atoms with Gasteiger partial charge in [0.05, 0.1) is 73.0 Å². The Morgan fingerprint density at radius 3 is 1.12 bits per heavy atom. The Hall–Kier alpha value is -10.8. The molecular formula is C68H77F7N24O4. The SMILES string of the molecule is CCNC(=O)N1C[C@H](CC)[C@H](c2cnc3cnc4[nH]ccc4n23)C1.CC[C@@H]1CN(C(=O)NCC(F)(F)F)C[C@@H]1c1cnc2cnc3[nH]ccc3n12.O=C(N1CCC[C@@H](c2cnc3cnc4[nH]ccc4n23)C1)N1CC(F)(F)C1.O=C(N1CCC[C@H](c2cnc3cnc4[nH]ccc4n23)C1)N1CC(F)(F)C1. The van der Waals surface area contributed by atoms with E-state index in [1.54, 1.807) is 47.0 Å². The number of carbonyl (C=O) groups is 4. The highest BCUT2D eigenvalue weighted by Crippen LogP contribution is 2.40. The van der Waals surface area contributed by atoms with E-state index in [1.807, 2.05) is 89.9 Å². The molecular weight excluding hydrogens is 1350 g/mol. The smallest absolute Gasteiger partial charge is 0.345 e. The van der Waals surface area contributed by atoms with Crippen LogP contribution < -0.4 is 10.6 Å². The van der Waals surface area contributed by atoms with Crippen molar-refractivity contribution in [1.82, 2.24) is 117 Å². The average Bonchev–Trinajstić information content (AvgIpc) is 1.62. The summed E-state index contributed by atoms with van der Waals surface area (Å²) >= 11 is 0. The van der Waals surface area contributed by atoms with E-state index in [1.165, 1.54) is 14.7 Å². The summed E-state index contributed by atoms with van der Waals surface area (Å²) in [6, 6.07) is 6.60. The van der Waals surface area contributed by atoms with Gasteiger partial charge in [-0.2, -0.15) is 13.2 Å². The van der Waals surface area contributed by atoms with Gasteiger partial charge in [-0.3, -0.25) is 17.6 Å². The number of hydrogen-bond acceptors (Lipinski definition) is 12. The number of imidazole rings is 4. The average molecular weight is 1430 g/mol. The van der Waals surface area contributed by atoms with Crippen molar-refractivity contribution in [2.75, 3.05) is 91.6 Å². The van der Waals surface area contributed by atoms with E-state index in [-0.39, 0.29) is 47.7 Å². The molecule has 12 aromatic heterocycles. The van der Waals surface area contributed by atoms with Gasteiger partial charge in [0.15, 0.2) is 45.2 Å². The maximum atomic E-state index is 13.1. The number of alkyl halides is 7. The van der Waals surface area contributed by atoms with E-state index < -0.39 is 56.8 Å². The maximum absolute atomic E-state index is 13.1. The highest BCUT2D eigenvalue weighted by molar-refractivity contribution is 5.80. The standard InChI is InChI=1S/C17H19F3N6O.2C17H18F2N6O.C17H22N6O/c1-2-10-7-25(16(27)24-9-17(18,19)20)8-11(10)13-5-22-14-6-23-15-12(26(13)14)3-4-21-15;2*18-17(19)9-24(10-17)16(26)23-5-1-2-11(8-23)13-6-21-14-7-22-15-12(25(13)14)3-4-20-15;1-3-11-9-22(17(24)18-4-2)10-12(11)14-7-20-15-8-21-16-13(23(14)15)5-6-19-16/h3-6,10-11,21H,2,7-9H2,1H3,(H,24,27);2*3-4,6-7,11,20H,1-2,5,8-10H2;5-8,11-12,19H,3-4,9-10H2,1-2H3,(H,18,24)/t10-,11+;2*11-;11-,12+/m1100/s1. The summed E-state index contributed by atoms with van der Waals surface area (Å²) in [6.45, 7) is 8.13. The van der Waals surface area contributed by atoms with Gasteiger partial charge < -0.3 is 60.0 Å². The van der Waals surface area contributed by atoms with Crippen molar-refractivity contribution >= 4 is 91.4 Å². The molecule has 35 heteroatoms. The zero-order chi connectivity index (χ0) is 71.6. The van der Waals surface area contributed by atoms with Gasteiger partial charge in [0.1, 0.15) is 6.54 Å². The Labute approximate surface area is 582 Å². The van der Waals surface area contributed by atoms with Crippen LogP contribution in [0.15, 0.2) is 98.6 Å². The third-order valence-electron chi connectivity index (χ3n) is 20.8. The van der Waals surface area contributed by atoms with Crippen molar-refractivity contribution in [3.63, 3.8) is 0 Å². The van der Waals surface area contributed by atoms with E-state index >= 15 is 0 Å². The summed E-state index contributed by atoms with van der Waals surface area (Å²) in [4.78, 5) is 106. The third kappa shape index (κ3) is 13.2. The van der Waals surface area contributed by atoms with Crippen LogP contribution >= 0.6 is 0 Å². The highest BCUT2D eigenvalue weighted by atomic mass is 19.4. The van der Waals surface area contributed by atoms with Gasteiger partial charge in [-0.1, -0.05) is 26.7 Å². The van der Waals surface area contributed by atoms with E-state index in [4.69, 9.17) is 0 Å². The van der Waals surface area contributed by atoms with Gasteiger partial charge in [-0.15, -0.1) is 0 Å². The lowest BCUT2D eigenvalue weighted by molar-refractivity contribution is -0.123. The number of halogens is 7. The minimum Gasteiger partial charge on any atom is -0.345 e. The Balaban J connectivity index is 0.000000111. The van der Waals surface area contributed by atoms with Crippen molar-refractivity contribution in [2.45, 2.75) is 101 Å². The number of likely N-dealkylation sites (tertiary alicyclic amines) is 6. The van der Waals surface area contributed by atoms with Crippen LogP contribution in [0.1, 0.15) is 106 Å². The fourth-order valence-electron chi connectivity index (χ4n) is 15.7. The summed E-state index contributed by atoms with van der Waals surface area (Å²) in [5, 5.41) is 4.87. The molecule has 8 amide bonds. The van der Waals surface area contributed by atoms with Crippen LogP contribution in [-0.4, -0.2) is 241 Å². The van der Waals surface area contributed by atoms with Gasteiger partial charge in [-0.25, -0.2) is 76.6 Å². The number of carbonyl (C=O) groups excluding carboxylic acids is 4. The van der Waals surface area contributed by atoms with Crippen molar-refractivity contribution < 1.29 is 49.9 Å². The second-order valence-corrected chi connectivity index (χ2v) is 27.4. The summed E-state index contributed by atoms with van der Waals surface area (Å²) in [5.74, 6) is -4.39. The number of piperidine rings is 2. The van der Waals surface area contributed by atoms with E-state index in [2.05, 4.69) is 85.3 Å². The van der Waals surface area contributed by atoms with Crippen LogP contribution in [0.25, 0.3) is 67.2 Å². The maximum Gasteiger partial charge on any atom is 0.405 e. The molecule has 6 saturated heterocycles. The second kappa shape index (κ2) is 27.2. The largest absolute Gasteiger partial charge is 0.405 e. The molecule has 12 aromatic rings. The molecule has 542 valence electrons. The van der Waals surface area contributed by atoms with Gasteiger partial charge in [0.25, 0.3) is 11.8 Å². The van der Waals surface area contributed by atoms with Crippen LogP contribution in [0.3, 0.4) is 0 Å². The molecule has 6 aliphatic rings. The molecule has 18 heterocycles. The summed E-state index contributed by atoms with van der Waals surface area (Å²) in [7, 11) is 0. The normalized spacial score (nSPS) is 21.8. The molecule has 103 heavy (non-hydrogen) atoms. The molecule has 0 radical (unpaired) electrons. The van der Waals surface area contributed by atoms with E-state index in [0.29, 0.717) is 57.4 Å². The first-order valence-electron chi connectivity index (χ1n) is 34.8. The zero-order valence-corrected chi connectivity index (χ0v) is 56.7. The molecule has 0 spiro atoms. The van der Waals surface area contributed by atoms with Crippen molar-refractivity contribution in [1.29, 1.82) is 0 Å². The van der Waals surface area contributed by atoms with Crippen molar-refractivity contribution in [3.05, 3.63) is 121 Å². The van der Waals surface area contributed by atoms with Crippen LogP contribution in [0, 0.1) is 11.8 Å². The topological polar surface area (TPSA) is 296 Å². The number of nitrogens with zero attached hydrogens (tertiary/aromatic N) is 18. The number of fused-ring (bicyclic) bond motifs is 12. The van der Waals surface area contributed by atoms with Gasteiger partial charge in [-0.05, 0) is 68.7 Å². The molecule has 0 aliphatic carbocycles. The molecule has 0 aromatic carbocycles. The molecule has 0 unspecified atom stereocenters. The molecule has 0 bridgehead atoms. The molecule has 18 rings (SSSR count). The number of hydrogen-bond donors (Lipinski definition) is 6. The summed E-state index contributed by atoms with van der Waals surface area (Å²) in [6.07, 6.45) is 22.6. The van der Waals surface area contributed by atoms with E-state index in [0.717, 1.165) is 136 Å². The van der Waals surface area contributed by atoms with Crippen LogP contribution in [0.2, 0.25) is 0 Å². The number of aromatic nitrogens is 16. The lowest BCUT2D eigenvalue weighted by Gasteiger charge is -2.43. The second-order valence-electron chi connectivity index (χ2n) is 27.4.